The maximum Gasteiger partial charge on any atom is 0.276 e. The van der Waals surface area contributed by atoms with Gasteiger partial charge in [-0.15, -0.1) is 0 Å². The number of benzene rings is 1. The fourth-order valence-electron chi connectivity index (χ4n) is 4.14. The number of carbonyl (C=O) groups is 1. The number of piperidine rings is 1. The van der Waals surface area contributed by atoms with Crippen LogP contribution in [0.4, 0.5) is 0 Å². The van der Waals surface area contributed by atoms with E-state index >= 15 is 0 Å². The van der Waals surface area contributed by atoms with Gasteiger partial charge in [0.1, 0.15) is 17.9 Å². The van der Waals surface area contributed by atoms with Gasteiger partial charge in [0.2, 0.25) is 0 Å². The highest BCUT2D eigenvalue weighted by Crippen LogP contribution is 2.38. The Kier molecular flexibility index (Phi) is 3.62. The number of aromatic nitrogens is 2. The van der Waals surface area contributed by atoms with Gasteiger partial charge < -0.3 is 14.2 Å². The van der Waals surface area contributed by atoms with Crippen LogP contribution in [0.25, 0.3) is 10.9 Å². The lowest BCUT2D eigenvalue weighted by atomic mass is 10.1. The Morgan fingerprint density at radius 1 is 1.27 bits per heavy atom. The second-order valence-electron chi connectivity index (χ2n) is 7.09. The van der Waals surface area contributed by atoms with Crippen LogP contribution in [0.15, 0.2) is 47.1 Å². The van der Waals surface area contributed by atoms with E-state index < -0.39 is 0 Å². The van der Waals surface area contributed by atoms with E-state index in [1.807, 2.05) is 35.2 Å². The Balaban J connectivity index is 1.29. The predicted molar refractivity (Wildman–Crippen MR) is 94.7 cm³/mol. The summed E-state index contributed by atoms with van der Waals surface area (Å²) in [6, 6.07) is 11.7. The molecule has 0 spiro atoms. The Morgan fingerprint density at radius 3 is 3.04 bits per heavy atom. The molecular formula is C20H19N3O3. The molecule has 1 aliphatic carbocycles. The summed E-state index contributed by atoms with van der Waals surface area (Å²) >= 11 is 0. The first-order valence-electron chi connectivity index (χ1n) is 9.01. The molecule has 0 N–H and O–H groups in total. The third-order valence-electron chi connectivity index (χ3n) is 5.41. The molecule has 1 aromatic carbocycles. The standard InChI is InChI=1S/C20H19N3O3/c24-20(23-11-13-6-7-15(23)9-13)17-10-16(26-22-17)12-25-18-5-1-3-14-4-2-8-21-19(14)18/h1-5,8,10,13,15H,6-7,9,11-12H2/t13-,15+/m1/s1. The second kappa shape index (κ2) is 6.12. The number of nitrogens with zero attached hydrogens (tertiary/aromatic N) is 3. The Labute approximate surface area is 150 Å². The normalized spacial score (nSPS) is 21.5. The van der Waals surface area contributed by atoms with E-state index in [9.17, 15) is 4.79 Å². The number of para-hydroxylation sites is 1. The first-order valence-corrected chi connectivity index (χ1v) is 9.01. The number of carbonyl (C=O) groups excluding carboxylic acids is 1. The molecule has 1 saturated carbocycles. The highest BCUT2D eigenvalue weighted by molar-refractivity contribution is 5.92. The topological polar surface area (TPSA) is 68.5 Å². The van der Waals surface area contributed by atoms with E-state index in [0.717, 1.165) is 30.3 Å². The van der Waals surface area contributed by atoms with Gasteiger partial charge in [0.25, 0.3) is 5.91 Å². The van der Waals surface area contributed by atoms with Crippen LogP contribution in [0.3, 0.4) is 0 Å². The van der Waals surface area contributed by atoms with Crippen LogP contribution in [0, 0.1) is 5.92 Å². The van der Waals surface area contributed by atoms with Gasteiger partial charge in [-0.3, -0.25) is 9.78 Å². The number of amides is 1. The van der Waals surface area contributed by atoms with E-state index in [4.69, 9.17) is 9.26 Å². The quantitative estimate of drug-likeness (QED) is 0.722. The van der Waals surface area contributed by atoms with E-state index in [-0.39, 0.29) is 12.5 Å². The van der Waals surface area contributed by atoms with Gasteiger partial charge in [0, 0.05) is 30.2 Å². The summed E-state index contributed by atoms with van der Waals surface area (Å²) in [7, 11) is 0. The van der Waals surface area contributed by atoms with Crippen molar-refractivity contribution in [2.24, 2.45) is 5.92 Å². The minimum Gasteiger partial charge on any atom is -0.483 e. The third kappa shape index (κ3) is 2.62. The number of hydrogen-bond donors (Lipinski definition) is 0. The van der Waals surface area contributed by atoms with Crippen LogP contribution in [-0.2, 0) is 6.61 Å². The van der Waals surface area contributed by atoms with Crippen molar-refractivity contribution in [3.05, 3.63) is 54.0 Å². The first kappa shape index (κ1) is 15.4. The minimum absolute atomic E-state index is 0.0287. The number of pyridine rings is 1. The Hall–Kier alpha value is -2.89. The lowest BCUT2D eigenvalue weighted by Crippen LogP contribution is -2.37. The van der Waals surface area contributed by atoms with Crippen molar-refractivity contribution in [1.29, 1.82) is 0 Å². The SMILES string of the molecule is O=C(c1cc(COc2cccc3cccnc23)on1)N1C[C@@H]2CC[C@H]1C2. The molecule has 1 saturated heterocycles. The number of ether oxygens (including phenoxy) is 1. The van der Waals surface area contributed by atoms with E-state index in [2.05, 4.69) is 10.1 Å². The summed E-state index contributed by atoms with van der Waals surface area (Å²) in [5.41, 5.74) is 1.17. The summed E-state index contributed by atoms with van der Waals surface area (Å²) in [6.45, 7) is 1.06. The van der Waals surface area contributed by atoms with Crippen LogP contribution in [0.1, 0.15) is 35.5 Å². The average molecular weight is 349 g/mol. The van der Waals surface area contributed by atoms with Crippen LogP contribution < -0.4 is 4.74 Å². The van der Waals surface area contributed by atoms with Crippen molar-refractivity contribution in [3.63, 3.8) is 0 Å². The summed E-state index contributed by atoms with van der Waals surface area (Å²) < 4.78 is 11.2. The van der Waals surface area contributed by atoms with Crippen LogP contribution in [0.5, 0.6) is 5.75 Å². The lowest BCUT2D eigenvalue weighted by molar-refractivity contribution is 0.0693. The zero-order chi connectivity index (χ0) is 17.5. The van der Waals surface area contributed by atoms with Gasteiger partial charge in [0.05, 0.1) is 0 Å². The molecule has 3 heterocycles. The van der Waals surface area contributed by atoms with E-state index in [0.29, 0.717) is 29.2 Å². The molecule has 2 bridgehead atoms. The third-order valence-corrected chi connectivity index (χ3v) is 5.41. The zero-order valence-corrected chi connectivity index (χ0v) is 14.3. The van der Waals surface area contributed by atoms with Gasteiger partial charge in [-0.05, 0) is 37.3 Å². The Morgan fingerprint density at radius 2 is 2.19 bits per heavy atom. The van der Waals surface area contributed by atoms with Gasteiger partial charge in [-0.1, -0.05) is 23.4 Å². The van der Waals surface area contributed by atoms with Crippen molar-refractivity contribution in [2.75, 3.05) is 6.54 Å². The van der Waals surface area contributed by atoms with E-state index in [1.54, 1.807) is 12.3 Å². The molecule has 5 rings (SSSR count). The molecule has 132 valence electrons. The summed E-state index contributed by atoms with van der Waals surface area (Å²) in [5.74, 6) is 1.85. The van der Waals surface area contributed by atoms with Crippen molar-refractivity contribution < 1.29 is 14.1 Å². The molecule has 2 aromatic heterocycles. The van der Waals surface area contributed by atoms with Crippen LogP contribution >= 0.6 is 0 Å². The van der Waals surface area contributed by atoms with Crippen molar-refractivity contribution in [3.8, 4) is 5.75 Å². The predicted octanol–water partition coefficient (Wildman–Crippen LogP) is 3.43. The molecule has 0 unspecified atom stereocenters. The molecule has 1 amide bonds. The maximum absolute atomic E-state index is 12.7. The van der Waals surface area contributed by atoms with E-state index in [1.165, 1.54) is 6.42 Å². The average Bonchev–Trinajstić information content (AvgIpc) is 3.42. The minimum atomic E-state index is -0.0287. The molecule has 6 nitrogen and oxygen atoms in total. The molecule has 2 aliphatic rings. The molecule has 26 heavy (non-hydrogen) atoms. The largest absolute Gasteiger partial charge is 0.483 e. The zero-order valence-electron chi connectivity index (χ0n) is 14.3. The Bertz CT molecular complexity index is 962. The number of rotatable bonds is 4. The van der Waals surface area contributed by atoms with Gasteiger partial charge >= 0.3 is 0 Å². The molecule has 3 aromatic rings. The summed E-state index contributed by atoms with van der Waals surface area (Å²) in [6.07, 6.45) is 5.22. The summed E-state index contributed by atoms with van der Waals surface area (Å²) in [4.78, 5) is 19.0. The molecule has 6 heteroatoms. The van der Waals surface area contributed by atoms with Crippen molar-refractivity contribution >= 4 is 16.8 Å². The highest BCUT2D eigenvalue weighted by Gasteiger charge is 2.41. The van der Waals surface area contributed by atoms with Gasteiger partial charge in [-0.2, -0.15) is 0 Å². The second-order valence-corrected chi connectivity index (χ2v) is 7.09. The molecule has 0 radical (unpaired) electrons. The molecular weight excluding hydrogens is 330 g/mol. The molecule has 2 atom stereocenters. The highest BCUT2D eigenvalue weighted by atomic mass is 16.5. The monoisotopic (exact) mass is 349 g/mol. The molecule has 1 aliphatic heterocycles. The smallest absolute Gasteiger partial charge is 0.276 e. The van der Waals surface area contributed by atoms with Crippen LogP contribution in [0.2, 0.25) is 0 Å². The molecule has 2 fully saturated rings. The fourth-order valence-corrected chi connectivity index (χ4v) is 4.14. The first-order chi connectivity index (χ1) is 12.8. The maximum atomic E-state index is 12.7. The number of hydrogen-bond acceptors (Lipinski definition) is 5. The lowest BCUT2D eigenvalue weighted by Gasteiger charge is -2.25. The van der Waals surface area contributed by atoms with Crippen LogP contribution in [-0.4, -0.2) is 33.5 Å². The number of fused-ring (bicyclic) bond motifs is 3. The summed E-state index contributed by atoms with van der Waals surface area (Å²) in [5, 5.41) is 4.97. The van der Waals surface area contributed by atoms with Gasteiger partial charge in [0.15, 0.2) is 11.5 Å². The van der Waals surface area contributed by atoms with Crippen molar-refractivity contribution in [2.45, 2.75) is 31.9 Å². The number of likely N-dealkylation sites (tertiary alicyclic amines) is 1. The fraction of sp³-hybridized carbons (Fsp3) is 0.350. The van der Waals surface area contributed by atoms with Gasteiger partial charge in [-0.25, -0.2) is 0 Å². The van der Waals surface area contributed by atoms with Crippen molar-refractivity contribution in [1.82, 2.24) is 15.0 Å².